The lowest BCUT2D eigenvalue weighted by atomic mass is 10.0. The van der Waals surface area contributed by atoms with Gasteiger partial charge in [-0.1, -0.05) is 42.8 Å². The topological polar surface area (TPSA) is 72.5 Å². The van der Waals surface area contributed by atoms with Crippen molar-refractivity contribution < 1.29 is 17.9 Å². The Bertz CT molecular complexity index is 857. The van der Waals surface area contributed by atoms with Crippen LogP contribution in [0.15, 0.2) is 47.4 Å². The lowest BCUT2D eigenvalue weighted by Crippen LogP contribution is -2.28. The zero-order valence-electron chi connectivity index (χ0n) is 14.9. The van der Waals surface area contributed by atoms with Gasteiger partial charge in [-0.3, -0.25) is 0 Å². The van der Waals surface area contributed by atoms with Gasteiger partial charge in [-0.2, -0.15) is 0 Å². The number of hydrogen-bond donors (Lipinski definition) is 1. The van der Waals surface area contributed by atoms with Gasteiger partial charge in [0.05, 0.1) is 17.6 Å². The summed E-state index contributed by atoms with van der Waals surface area (Å²) < 4.78 is 32.9. The highest BCUT2D eigenvalue weighted by atomic mass is 32.2. The van der Waals surface area contributed by atoms with Gasteiger partial charge in [-0.15, -0.1) is 0 Å². The Morgan fingerprint density at radius 3 is 2.32 bits per heavy atom. The molecule has 2 aromatic carbocycles. The van der Waals surface area contributed by atoms with E-state index in [1.165, 1.54) is 19.2 Å². The van der Waals surface area contributed by atoms with Crippen LogP contribution >= 0.6 is 0 Å². The van der Waals surface area contributed by atoms with E-state index in [0.29, 0.717) is 12.0 Å². The highest BCUT2D eigenvalue weighted by Crippen LogP contribution is 2.22. The molecule has 0 aromatic heterocycles. The highest BCUT2D eigenvalue weighted by Gasteiger charge is 2.22. The van der Waals surface area contributed by atoms with Crippen molar-refractivity contribution in [3.05, 3.63) is 64.7 Å². The molecular formula is C19H23NO4S. The number of carbonyl (C=O) groups is 1. The standard InChI is InChI=1S/C19H23NO4S/c1-5-18(15-9-6-13(2)7-10-15)20-25(22,23)16-11-8-14(3)17(12-16)19(21)24-4/h6-12,18,20H,5H2,1-4H3/t18-/m1/s1. The van der Waals surface area contributed by atoms with Gasteiger partial charge in [0.2, 0.25) is 10.0 Å². The molecular weight excluding hydrogens is 338 g/mol. The van der Waals surface area contributed by atoms with Crippen LogP contribution in [0.1, 0.15) is 46.4 Å². The minimum Gasteiger partial charge on any atom is -0.465 e. The summed E-state index contributed by atoms with van der Waals surface area (Å²) in [6.45, 7) is 5.63. The Labute approximate surface area is 149 Å². The molecule has 25 heavy (non-hydrogen) atoms. The number of ether oxygens (including phenoxy) is 1. The van der Waals surface area contributed by atoms with Gasteiger partial charge in [0.25, 0.3) is 0 Å². The molecule has 0 saturated heterocycles. The number of sulfonamides is 1. The van der Waals surface area contributed by atoms with Gasteiger partial charge in [0.15, 0.2) is 0 Å². The summed E-state index contributed by atoms with van der Waals surface area (Å²) in [7, 11) is -2.50. The molecule has 0 radical (unpaired) electrons. The Morgan fingerprint density at radius 1 is 1.12 bits per heavy atom. The molecule has 0 aliphatic rings. The molecule has 2 aromatic rings. The van der Waals surface area contributed by atoms with Gasteiger partial charge in [-0.25, -0.2) is 17.9 Å². The Balaban J connectivity index is 2.34. The lowest BCUT2D eigenvalue weighted by molar-refractivity contribution is 0.0599. The first-order valence-corrected chi connectivity index (χ1v) is 9.54. The van der Waals surface area contributed by atoms with Crippen molar-refractivity contribution in [1.82, 2.24) is 4.72 Å². The highest BCUT2D eigenvalue weighted by molar-refractivity contribution is 7.89. The Kier molecular flexibility index (Phi) is 5.98. The van der Waals surface area contributed by atoms with E-state index in [0.717, 1.165) is 11.1 Å². The van der Waals surface area contributed by atoms with Crippen LogP contribution in [-0.4, -0.2) is 21.5 Å². The third-order valence-corrected chi connectivity index (χ3v) is 5.58. The third-order valence-electron chi connectivity index (χ3n) is 4.11. The van der Waals surface area contributed by atoms with E-state index in [2.05, 4.69) is 4.72 Å². The summed E-state index contributed by atoms with van der Waals surface area (Å²) in [5.74, 6) is -0.555. The van der Waals surface area contributed by atoms with Crippen LogP contribution in [0, 0.1) is 13.8 Å². The van der Waals surface area contributed by atoms with Gasteiger partial charge in [-0.05, 0) is 43.5 Å². The van der Waals surface area contributed by atoms with Crippen molar-refractivity contribution in [1.29, 1.82) is 0 Å². The normalized spacial score (nSPS) is 12.6. The second-order valence-corrected chi connectivity index (χ2v) is 7.68. The molecule has 5 nitrogen and oxygen atoms in total. The van der Waals surface area contributed by atoms with E-state index < -0.39 is 16.0 Å². The molecule has 2 rings (SSSR count). The number of aryl methyl sites for hydroxylation is 2. The van der Waals surface area contributed by atoms with Crippen LogP contribution in [0.25, 0.3) is 0 Å². The molecule has 6 heteroatoms. The number of rotatable bonds is 6. The first-order valence-electron chi connectivity index (χ1n) is 8.06. The smallest absolute Gasteiger partial charge is 0.338 e. The average Bonchev–Trinajstić information content (AvgIpc) is 2.60. The maximum atomic E-state index is 12.8. The summed E-state index contributed by atoms with van der Waals surface area (Å²) in [6, 6.07) is 11.8. The predicted octanol–water partition coefficient (Wildman–Crippen LogP) is 3.52. The monoisotopic (exact) mass is 361 g/mol. The molecule has 0 aliphatic carbocycles. The van der Waals surface area contributed by atoms with Crippen LogP contribution in [-0.2, 0) is 14.8 Å². The summed E-state index contributed by atoms with van der Waals surface area (Å²) >= 11 is 0. The van der Waals surface area contributed by atoms with Crippen molar-refractivity contribution in [3.63, 3.8) is 0 Å². The van der Waals surface area contributed by atoms with Gasteiger partial charge in [0.1, 0.15) is 0 Å². The van der Waals surface area contributed by atoms with E-state index in [1.807, 2.05) is 38.1 Å². The van der Waals surface area contributed by atoms with Crippen LogP contribution in [0.4, 0.5) is 0 Å². The molecule has 0 saturated carbocycles. The Hall–Kier alpha value is -2.18. The quantitative estimate of drug-likeness (QED) is 0.799. The average molecular weight is 361 g/mol. The lowest BCUT2D eigenvalue weighted by Gasteiger charge is -2.18. The molecule has 1 N–H and O–H groups in total. The van der Waals surface area contributed by atoms with Crippen LogP contribution in [0.3, 0.4) is 0 Å². The summed E-state index contributed by atoms with van der Waals surface area (Å²) in [6.07, 6.45) is 0.609. The van der Waals surface area contributed by atoms with E-state index >= 15 is 0 Å². The SMILES string of the molecule is CC[C@@H](NS(=O)(=O)c1ccc(C)c(C(=O)OC)c1)c1ccc(C)cc1. The largest absolute Gasteiger partial charge is 0.465 e. The first-order chi connectivity index (χ1) is 11.8. The van der Waals surface area contributed by atoms with Crippen LogP contribution < -0.4 is 4.72 Å². The second-order valence-electron chi connectivity index (χ2n) is 5.96. The number of methoxy groups -OCH3 is 1. The van der Waals surface area contributed by atoms with Crippen molar-refractivity contribution in [2.45, 2.75) is 38.1 Å². The van der Waals surface area contributed by atoms with Crippen molar-refractivity contribution in [2.24, 2.45) is 0 Å². The van der Waals surface area contributed by atoms with Crippen molar-refractivity contribution in [2.75, 3.05) is 7.11 Å². The van der Waals surface area contributed by atoms with Gasteiger partial charge < -0.3 is 4.74 Å². The number of hydrogen-bond acceptors (Lipinski definition) is 4. The zero-order valence-corrected chi connectivity index (χ0v) is 15.7. The van der Waals surface area contributed by atoms with Crippen molar-refractivity contribution in [3.8, 4) is 0 Å². The maximum absolute atomic E-state index is 12.8. The predicted molar refractivity (Wildman–Crippen MR) is 97.1 cm³/mol. The minimum atomic E-state index is -3.77. The zero-order chi connectivity index (χ0) is 18.6. The first kappa shape index (κ1) is 19.1. The van der Waals surface area contributed by atoms with E-state index in [1.54, 1.807) is 13.0 Å². The number of esters is 1. The number of nitrogens with one attached hydrogen (secondary N) is 1. The molecule has 0 fully saturated rings. The third kappa shape index (κ3) is 4.46. The molecule has 0 amide bonds. The van der Waals surface area contributed by atoms with Crippen LogP contribution in [0.2, 0.25) is 0 Å². The molecule has 0 spiro atoms. The molecule has 0 aliphatic heterocycles. The summed E-state index contributed by atoms with van der Waals surface area (Å²) in [5, 5.41) is 0. The molecule has 0 heterocycles. The fourth-order valence-electron chi connectivity index (χ4n) is 2.54. The minimum absolute atomic E-state index is 0.0454. The molecule has 0 unspecified atom stereocenters. The summed E-state index contributed by atoms with van der Waals surface area (Å²) in [5.41, 5.74) is 2.92. The molecule has 1 atom stereocenters. The molecule has 0 bridgehead atoms. The van der Waals surface area contributed by atoms with Gasteiger partial charge in [0, 0.05) is 6.04 Å². The van der Waals surface area contributed by atoms with E-state index in [9.17, 15) is 13.2 Å². The second kappa shape index (κ2) is 7.80. The van der Waals surface area contributed by atoms with E-state index in [4.69, 9.17) is 4.74 Å². The fraction of sp³-hybridized carbons (Fsp3) is 0.316. The number of carbonyl (C=O) groups excluding carboxylic acids is 1. The number of benzene rings is 2. The van der Waals surface area contributed by atoms with Crippen molar-refractivity contribution >= 4 is 16.0 Å². The molecule has 134 valence electrons. The maximum Gasteiger partial charge on any atom is 0.338 e. The fourth-order valence-corrected chi connectivity index (χ4v) is 3.87. The van der Waals surface area contributed by atoms with Crippen LogP contribution in [0.5, 0.6) is 0 Å². The summed E-state index contributed by atoms with van der Waals surface area (Å²) in [4.78, 5) is 11.9. The Morgan fingerprint density at radius 2 is 1.76 bits per heavy atom. The van der Waals surface area contributed by atoms with Gasteiger partial charge >= 0.3 is 5.97 Å². The van der Waals surface area contributed by atoms with E-state index in [-0.39, 0.29) is 16.5 Å².